The number of amides is 2. The van der Waals surface area contributed by atoms with Crippen LogP contribution in [0.15, 0.2) is 0 Å². The maximum atomic E-state index is 12.0. The molecular formula is C11H20N2O4. The molecule has 0 spiro atoms. The fourth-order valence-corrected chi connectivity index (χ4v) is 1.67. The van der Waals surface area contributed by atoms with Gasteiger partial charge in [-0.3, -0.25) is 9.69 Å². The van der Waals surface area contributed by atoms with E-state index in [2.05, 4.69) is 0 Å². The Bertz CT molecular complexity index is 333. The van der Waals surface area contributed by atoms with E-state index in [1.807, 2.05) is 0 Å². The molecule has 98 valence electrons. The Kier molecular flexibility index (Phi) is 3.38. The van der Waals surface area contributed by atoms with E-state index < -0.39 is 29.4 Å². The zero-order valence-electron chi connectivity index (χ0n) is 10.9. The van der Waals surface area contributed by atoms with E-state index in [4.69, 9.17) is 15.2 Å². The van der Waals surface area contributed by atoms with E-state index in [1.54, 1.807) is 34.6 Å². The summed E-state index contributed by atoms with van der Waals surface area (Å²) in [4.78, 5) is 24.5. The van der Waals surface area contributed by atoms with Crippen molar-refractivity contribution in [3.63, 3.8) is 0 Å². The highest BCUT2D eigenvalue weighted by molar-refractivity contribution is 5.85. The normalized spacial score (nSPS) is 23.6. The number of carbonyl (C=O) groups excluding carboxylic acids is 2. The Balaban J connectivity index is 2.90. The monoisotopic (exact) mass is 244 g/mol. The lowest BCUT2D eigenvalue weighted by Gasteiger charge is -2.34. The van der Waals surface area contributed by atoms with E-state index in [0.29, 0.717) is 0 Å². The van der Waals surface area contributed by atoms with Crippen molar-refractivity contribution in [1.82, 2.24) is 4.90 Å². The first kappa shape index (κ1) is 13.8. The van der Waals surface area contributed by atoms with Gasteiger partial charge < -0.3 is 15.2 Å². The van der Waals surface area contributed by atoms with Crippen LogP contribution in [0.2, 0.25) is 0 Å². The molecule has 1 atom stereocenters. The first-order valence-corrected chi connectivity index (χ1v) is 5.50. The molecule has 2 N–H and O–H groups in total. The summed E-state index contributed by atoms with van der Waals surface area (Å²) >= 11 is 0. The summed E-state index contributed by atoms with van der Waals surface area (Å²) in [5.74, 6) is -0.596. The standard InChI is InChI=1S/C11H20N2O4/c1-10(2,3)17-9(15)13-7(8(12)14)6-16-11(13,4)5/h7H,6H2,1-5H3,(H2,12,14)/t7-/m0/s1. The molecule has 6 nitrogen and oxygen atoms in total. The van der Waals surface area contributed by atoms with Crippen molar-refractivity contribution in [2.75, 3.05) is 6.61 Å². The highest BCUT2D eigenvalue weighted by Crippen LogP contribution is 2.29. The molecule has 1 heterocycles. The van der Waals surface area contributed by atoms with Gasteiger partial charge in [-0.15, -0.1) is 0 Å². The van der Waals surface area contributed by atoms with Crippen LogP contribution >= 0.6 is 0 Å². The van der Waals surface area contributed by atoms with Gasteiger partial charge in [0.25, 0.3) is 0 Å². The van der Waals surface area contributed by atoms with Crippen LogP contribution in [0.25, 0.3) is 0 Å². The molecular weight excluding hydrogens is 224 g/mol. The summed E-state index contributed by atoms with van der Waals surface area (Å²) in [6.45, 7) is 8.76. The van der Waals surface area contributed by atoms with Gasteiger partial charge in [0.2, 0.25) is 5.91 Å². The molecule has 0 aromatic heterocycles. The van der Waals surface area contributed by atoms with Crippen molar-refractivity contribution in [2.45, 2.75) is 52.0 Å². The number of ether oxygens (including phenoxy) is 2. The molecule has 0 bridgehead atoms. The van der Waals surface area contributed by atoms with Gasteiger partial charge in [-0.05, 0) is 34.6 Å². The van der Waals surface area contributed by atoms with Gasteiger partial charge in [0, 0.05) is 0 Å². The van der Waals surface area contributed by atoms with Crippen molar-refractivity contribution < 1.29 is 19.1 Å². The maximum absolute atomic E-state index is 12.0. The second-order valence-corrected chi connectivity index (χ2v) is 5.53. The van der Waals surface area contributed by atoms with Gasteiger partial charge in [0.1, 0.15) is 17.4 Å². The van der Waals surface area contributed by atoms with Crippen LogP contribution in [-0.2, 0) is 14.3 Å². The topological polar surface area (TPSA) is 81.9 Å². The molecule has 17 heavy (non-hydrogen) atoms. The molecule has 1 fully saturated rings. The van der Waals surface area contributed by atoms with Crippen LogP contribution in [-0.4, -0.2) is 40.9 Å². The third-order valence-electron chi connectivity index (χ3n) is 2.40. The molecule has 0 aromatic carbocycles. The predicted octanol–water partition coefficient (Wildman–Crippen LogP) is 0.844. The second-order valence-electron chi connectivity index (χ2n) is 5.53. The van der Waals surface area contributed by atoms with Crippen molar-refractivity contribution >= 4 is 12.0 Å². The zero-order valence-corrected chi connectivity index (χ0v) is 10.9. The lowest BCUT2D eigenvalue weighted by molar-refractivity contribution is -0.123. The van der Waals surface area contributed by atoms with Crippen LogP contribution in [0.5, 0.6) is 0 Å². The number of primary amides is 1. The molecule has 0 aromatic rings. The van der Waals surface area contributed by atoms with Crippen LogP contribution in [0.3, 0.4) is 0 Å². The summed E-state index contributed by atoms with van der Waals surface area (Å²) in [5.41, 5.74) is 3.73. The van der Waals surface area contributed by atoms with Gasteiger partial charge in [-0.25, -0.2) is 4.79 Å². The van der Waals surface area contributed by atoms with E-state index in [1.165, 1.54) is 4.90 Å². The quantitative estimate of drug-likeness (QED) is 0.741. The van der Waals surface area contributed by atoms with Crippen molar-refractivity contribution in [1.29, 1.82) is 0 Å². The highest BCUT2D eigenvalue weighted by atomic mass is 16.6. The molecule has 0 unspecified atom stereocenters. The third kappa shape index (κ3) is 3.09. The van der Waals surface area contributed by atoms with Crippen molar-refractivity contribution in [3.05, 3.63) is 0 Å². The number of hydrogen-bond donors (Lipinski definition) is 1. The number of nitrogens with zero attached hydrogens (tertiary/aromatic N) is 1. The predicted molar refractivity (Wildman–Crippen MR) is 61.1 cm³/mol. The number of hydrogen-bond acceptors (Lipinski definition) is 4. The Morgan fingerprint density at radius 2 is 1.94 bits per heavy atom. The molecule has 0 saturated carbocycles. The number of rotatable bonds is 1. The van der Waals surface area contributed by atoms with Gasteiger partial charge >= 0.3 is 6.09 Å². The Morgan fingerprint density at radius 1 is 1.41 bits per heavy atom. The van der Waals surface area contributed by atoms with E-state index in [-0.39, 0.29) is 6.61 Å². The summed E-state index contributed by atoms with van der Waals surface area (Å²) in [5, 5.41) is 0. The fraction of sp³-hybridized carbons (Fsp3) is 0.818. The molecule has 1 aliphatic rings. The SMILES string of the molecule is CC(C)(C)OC(=O)N1[C@H](C(N)=O)COC1(C)C. The Labute approximate surface area is 101 Å². The largest absolute Gasteiger partial charge is 0.444 e. The average molecular weight is 244 g/mol. The van der Waals surface area contributed by atoms with E-state index in [9.17, 15) is 9.59 Å². The number of carbonyl (C=O) groups is 2. The van der Waals surface area contributed by atoms with Crippen LogP contribution in [0.1, 0.15) is 34.6 Å². The van der Waals surface area contributed by atoms with E-state index in [0.717, 1.165) is 0 Å². The van der Waals surface area contributed by atoms with Gasteiger partial charge in [0.15, 0.2) is 0 Å². The van der Waals surface area contributed by atoms with Gasteiger partial charge in [0.05, 0.1) is 6.61 Å². The smallest absolute Gasteiger partial charge is 0.413 e. The van der Waals surface area contributed by atoms with Crippen molar-refractivity contribution in [2.24, 2.45) is 5.73 Å². The molecule has 1 aliphatic heterocycles. The summed E-state index contributed by atoms with van der Waals surface area (Å²) in [6, 6.07) is -0.778. The molecule has 6 heteroatoms. The van der Waals surface area contributed by atoms with Crippen LogP contribution in [0, 0.1) is 0 Å². The second kappa shape index (κ2) is 4.18. The number of nitrogens with two attached hydrogens (primary N) is 1. The molecule has 2 amide bonds. The lowest BCUT2D eigenvalue weighted by atomic mass is 10.2. The lowest BCUT2D eigenvalue weighted by Crippen LogP contribution is -2.53. The van der Waals surface area contributed by atoms with Gasteiger partial charge in [-0.2, -0.15) is 0 Å². The first-order valence-electron chi connectivity index (χ1n) is 5.50. The summed E-state index contributed by atoms with van der Waals surface area (Å²) in [6.07, 6.45) is -0.594. The molecule has 1 rings (SSSR count). The zero-order chi connectivity index (χ0) is 13.4. The Morgan fingerprint density at radius 3 is 2.35 bits per heavy atom. The minimum Gasteiger partial charge on any atom is -0.444 e. The minimum atomic E-state index is -0.887. The van der Waals surface area contributed by atoms with Crippen molar-refractivity contribution in [3.8, 4) is 0 Å². The minimum absolute atomic E-state index is 0.0988. The molecule has 0 radical (unpaired) electrons. The summed E-state index contributed by atoms with van der Waals surface area (Å²) in [7, 11) is 0. The molecule has 1 saturated heterocycles. The average Bonchev–Trinajstić information content (AvgIpc) is 2.37. The van der Waals surface area contributed by atoms with Crippen LogP contribution in [0.4, 0.5) is 4.79 Å². The fourth-order valence-electron chi connectivity index (χ4n) is 1.67. The van der Waals surface area contributed by atoms with Crippen LogP contribution < -0.4 is 5.73 Å². The third-order valence-corrected chi connectivity index (χ3v) is 2.40. The highest BCUT2D eigenvalue weighted by Gasteiger charge is 2.48. The summed E-state index contributed by atoms with van der Waals surface area (Å²) < 4.78 is 10.6. The first-order chi connectivity index (χ1) is 7.54. The molecule has 0 aliphatic carbocycles. The van der Waals surface area contributed by atoms with E-state index >= 15 is 0 Å². The maximum Gasteiger partial charge on any atom is 0.413 e. The van der Waals surface area contributed by atoms with Gasteiger partial charge in [-0.1, -0.05) is 0 Å². The Hall–Kier alpha value is -1.30.